The van der Waals surface area contributed by atoms with Gasteiger partial charge in [-0.15, -0.1) is 0 Å². The van der Waals surface area contributed by atoms with Crippen LogP contribution < -0.4 is 24.6 Å². The molecule has 3 atom stereocenters. The molecule has 0 radical (unpaired) electrons. The topological polar surface area (TPSA) is 157 Å². The number of carbonyl (C=O) groups is 2. The van der Waals surface area contributed by atoms with Crippen molar-refractivity contribution >= 4 is 41.9 Å². The van der Waals surface area contributed by atoms with Crippen LogP contribution in [0, 0.1) is 18.8 Å². The highest BCUT2D eigenvalue weighted by Gasteiger charge is 2.39. The molecule has 1 amide bonds. The molecular formula is C34H58N4O8SSi2. The first-order valence-electron chi connectivity index (χ1n) is 16.7. The van der Waals surface area contributed by atoms with E-state index in [1.807, 2.05) is 6.92 Å². The Morgan fingerprint density at radius 1 is 1.02 bits per heavy atom. The molecule has 1 aromatic carbocycles. The van der Waals surface area contributed by atoms with E-state index in [0.717, 1.165) is 0 Å². The third-order valence-electron chi connectivity index (χ3n) is 10.0. The number of nitrogens with two attached hydrogens (primary N) is 1. The molecule has 276 valence electrons. The fourth-order valence-corrected chi connectivity index (χ4v) is 9.29. The van der Waals surface area contributed by atoms with Gasteiger partial charge in [-0.2, -0.15) is 16.7 Å². The zero-order valence-corrected chi connectivity index (χ0v) is 34.8. The van der Waals surface area contributed by atoms with Gasteiger partial charge in [0, 0.05) is 22.6 Å². The summed E-state index contributed by atoms with van der Waals surface area (Å²) < 4.78 is 35.6. The minimum absolute atomic E-state index is 0.0145. The largest absolute Gasteiger partial charge is 0.543 e. The van der Waals surface area contributed by atoms with Gasteiger partial charge in [0.15, 0.2) is 23.1 Å². The number of carbonyl (C=O) groups excluding carboxylic acids is 2. The van der Waals surface area contributed by atoms with Gasteiger partial charge in [-0.3, -0.25) is 0 Å². The molecule has 0 bridgehead atoms. The Labute approximate surface area is 300 Å². The number of ether oxygens (including phenoxy) is 3. The van der Waals surface area contributed by atoms with Crippen LogP contribution in [0.3, 0.4) is 0 Å². The lowest BCUT2D eigenvalue weighted by Gasteiger charge is -2.38. The van der Waals surface area contributed by atoms with Gasteiger partial charge in [0.25, 0.3) is 0 Å². The molecule has 1 aromatic heterocycles. The number of methoxy groups -OCH3 is 2. The molecule has 1 heterocycles. The second-order valence-electron chi connectivity index (χ2n) is 14.0. The highest BCUT2D eigenvalue weighted by molar-refractivity contribution is 7.98. The van der Waals surface area contributed by atoms with Crippen molar-refractivity contribution in [3.63, 3.8) is 0 Å². The van der Waals surface area contributed by atoms with Crippen LogP contribution >= 0.6 is 11.8 Å². The number of hydrogen-bond acceptors (Lipinski definition) is 12. The maximum atomic E-state index is 13.5. The Kier molecular flexibility index (Phi) is 15.7. The van der Waals surface area contributed by atoms with Crippen LogP contribution in [0.25, 0.3) is 0 Å². The molecule has 0 spiro atoms. The summed E-state index contributed by atoms with van der Waals surface area (Å²) >= 11 is 1.49. The van der Waals surface area contributed by atoms with Crippen molar-refractivity contribution in [3.05, 3.63) is 41.1 Å². The number of rotatable bonds is 19. The van der Waals surface area contributed by atoms with Crippen molar-refractivity contribution in [1.29, 1.82) is 0 Å². The molecule has 0 fully saturated rings. The molecule has 3 unspecified atom stereocenters. The highest BCUT2D eigenvalue weighted by atomic mass is 32.2. The molecule has 12 nitrogen and oxygen atoms in total. The van der Waals surface area contributed by atoms with E-state index in [1.54, 1.807) is 7.11 Å². The van der Waals surface area contributed by atoms with Crippen LogP contribution in [0.2, 0.25) is 23.2 Å². The number of aromatic nitrogens is 2. The monoisotopic (exact) mass is 738 g/mol. The minimum Gasteiger partial charge on any atom is -0.543 e. The van der Waals surface area contributed by atoms with E-state index in [2.05, 4.69) is 90.5 Å². The van der Waals surface area contributed by atoms with Gasteiger partial charge < -0.3 is 38.6 Å². The molecule has 49 heavy (non-hydrogen) atoms. The molecule has 3 N–H and O–H groups in total. The van der Waals surface area contributed by atoms with Crippen molar-refractivity contribution in [1.82, 2.24) is 15.5 Å². The number of benzene rings is 1. The van der Waals surface area contributed by atoms with Crippen molar-refractivity contribution in [3.8, 4) is 17.2 Å². The molecule has 0 aliphatic rings. The number of hydrogen-bond donors (Lipinski definition) is 2. The van der Waals surface area contributed by atoms with Crippen LogP contribution in [0.1, 0.15) is 94.6 Å². The van der Waals surface area contributed by atoms with E-state index in [1.165, 1.54) is 24.9 Å². The summed E-state index contributed by atoms with van der Waals surface area (Å²) in [6, 6.07) is -0.618. The first-order chi connectivity index (χ1) is 22.8. The van der Waals surface area contributed by atoms with Gasteiger partial charge in [-0.1, -0.05) is 73.2 Å². The SMILES string of the molecule is C=CCOC(=O)NCc1noc(C(N)CSCc2c(O[SiH](C)C(C)(C)C(C)C)c(O[SiH](C)C(C)(C)C(C)C)c(OC)c(C)c2C(=O)OC)n1. The Bertz CT molecular complexity index is 1430. The first-order valence-corrected chi connectivity index (χ1v) is 22.2. The Morgan fingerprint density at radius 2 is 1.59 bits per heavy atom. The average Bonchev–Trinajstić information content (AvgIpc) is 3.53. The van der Waals surface area contributed by atoms with Crippen LogP contribution in [0.15, 0.2) is 17.2 Å². The summed E-state index contributed by atoms with van der Waals surface area (Å²) in [5.74, 6) is 3.04. The lowest BCUT2D eigenvalue weighted by molar-refractivity contribution is 0.0598. The van der Waals surface area contributed by atoms with Gasteiger partial charge >= 0.3 is 12.1 Å². The van der Waals surface area contributed by atoms with E-state index < -0.39 is 36.2 Å². The molecule has 2 rings (SSSR count). The van der Waals surface area contributed by atoms with E-state index in [4.69, 9.17) is 33.3 Å². The number of thioether (sulfide) groups is 1. The number of alkyl carbamates (subject to hydrolysis) is 1. The zero-order valence-electron chi connectivity index (χ0n) is 31.6. The van der Waals surface area contributed by atoms with E-state index in [-0.39, 0.29) is 34.9 Å². The summed E-state index contributed by atoms with van der Waals surface area (Å²) in [6.07, 6.45) is 0.848. The lowest BCUT2D eigenvalue weighted by Crippen LogP contribution is -2.37. The third kappa shape index (κ3) is 10.5. The maximum Gasteiger partial charge on any atom is 0.407 e. The number of esters is 1. The second kappa shape index (κ2) is 18.3. The van der Waals surface area contributed by atoms with Gasteiger partial charge in [-0.05, 0) is 41.9 Å². The Hall–Kier alpha value is -3.02. The summed E-state index contributed by atoms with van der Waals surface area (Å²) in [6.45, 7) is 27.6. The molecular weight excluding hydrogens is 681 g/mol. The second-order valence-corrected chi connectivity index (χ2v) is 21.1. The quantitative estimate of drug-likeness (QED) is 0.0879. The normalized spacial score (nSPS) is 13.9. The van der Waals surface area contributed by atoms with Crippen LogP contribution in [-0.4, -0.2) is 66.9 Å². The average molecular weight is 739 g/mol. The zero-order chi connectivity index (χ0) is 37.3. The highest BCUT2D eigenvalue weighted by Crippen LogP contribution is 2.51. The molecule has 0 saturated carbocycles. The number of nitrogens with one attached hydrogen (secondary N) is 1. The standard InChI is InChI=1S/C34H58N4O8SSi2/c1-15-16-43-32(40)36-17-25-37-30(44-38-25)24(35)19-47-18-23-26(31(39)42-12)22(6)27(41-11)29(46-49(14)34(9,10)21(4)5)28(23)45-48(13)33(7,8)20(2)3/h15,20-21,24,48-49H,1,16-19,35H2,2-14H3,(H,36,40). The van der Waals surface area contributed by atoms with Crippen molar-refractivity contribution in [2.24, 2.45) is 17.6 Å². The van der Waals surface area contributed by atoms with Crippen molar-refractivity contribution < 1.29 is 37.2 Å². The third-order valence-corrected chi connectivity index (χ3v) is 17.8. The maximum absolute atomic E-state index is 13.5. The molecule has 15 heteroatoms. The fourth-order valence-electron chi connectivity index (χ4n) is 4.64. The summed E-state index contributed by atoms with van der Waals surface area (Å²) in [7, 11) is -0.932. The predicted molar refractivity (Wildman–Crippen MR) is 200 cm³/mol. The predicted octanol–water partition coefficient (Wildman–Crippen LogP) is 6.86. The first kappa shape index (κ1) is 42.2. The van der Waals surface area contributed by atoms with Gasteiger partial charge in [0.1, 0.15) is 6.61 Å². The van der Waals surface area contributed by atoms with Crippen LogP contribution in [0.4, 0.5) is 4.79 Å². The van der Waals surface area contributed by atoms with E-state index in [0.29, 0.717) is 57.3 Å². The number of amides is 1. The van der Waals surface area contributed by atoms with Crippen LogP contribution in [0.5, 0.6) is 17.2 Å². The van der Waals surface area contributed by atoms with E-state index in [9.17, 15) is 9.59 Å². The smallest absolute Gasteiger partial charge is 0.407 e. The summed E-state index contributed by atoms with van der Waals surface area (Å²) in [4.78, 5) is 29.6. The lowest BCUT2D eigenvalue weighted by atomic mass is 9.99. The van der Waals surface area contributed by atoms with Gasteiger partial charge in [-0.25, -0.2) is 9.59 Å². The Balaban J connectivity index is 2.57. The minimum atomic E-state index is -1.97. The molecule has 0 aliphatic carbocycles. The molecule has 2 aromatic rings. The van der Waals surface area contributed by atoms with Crippen LogP contribution in [-0.2, 0) is 21.8 Å². The number of nitrogens with zero attached hydrogens (tertiary/aromatic N) is 2. The fraction of sp³-hybridized carbons (Fsp3) is 0.647. The molecule has 0 aliphatic heterocycles. The van der Waals surface area contributed by atoms with Crippen molar-refractivity contribution in [2.45, 2.75) is 104 Å². The van der Waals surface area contributed by atoms with Gasteiger partial charge in [0.05, 0.1) is 32.4 Å². The summed E-state index contributed by atoms with van der Waals surface area (Å²) in [5, 5.41) is 6.33. The Morgan fingerprint density at radius 3 is 2.10 bits per heavy atom. The van der Waals surface area contributed by atoms with Crippen molar-refractivity contribution in [2.75, 3.05) is 26.6 Å². The van der Waals surface area contributed by atoms with E-state index >= 15 is 0 Å². The van der Waals surface area contributed by atoms with Gasteiger partial charge in [0.2, 0.25) is 24.0 Å². The molecule has 0 saturated heterocycles. The summed E-state index contributed by atoms with van der Waals surface area (Å²) in [5.41, 5.74) is 8.16.